The summed E-state index contributed by atoms with van der Waals surface area (Å²) in [5.41, 5.74) is 9.62. The summed E-state index contributed by atoms with van der Waals surface area (Å²) in [6.07, 6.45) is 2.74. The predicted octanol–water partition coefficient (Wildman–Crippen LogP) is 3.65. The topological polar surface area (TPSA) is 57.4 Å². The van der Waals surface area contributed by atoms with Crippen molar-refractivity contribution >= 4 is 5.69 Å². The summed E-state index contributed by atoms with van der Waals surface area (Å²) in [7, 11) is 0. The number of anilines is 1. The Kier molecular flexibility index (Phi) is 5.04. The molecule has 112 valence electrons. The van der Waals surface area contributed by atoms with E-state index in [9.17, 15) is 0 Å². The van der Waals surface area contributed by atoms with Gasteiger partial charge >= 0.3 is 0 Å². The van der Waals surface area contributed by atoms with Crippen LogP contribution < -0.4 is 15.2 Å². The third-order valence-corrected chi connectivity index (χ3v) is 3.35. The van der Waals surface area contributed by atoms with Crippen molar-refractivity contribution in [3.63, 3.8) is 0 Å². The molecule has 0 saturated heterocycles. The minimum Gasteiger partial charge on any atom is -0.490 e. The molecule has 0 radical (unpaired) electrons. The molecule has 4 nitrogen and oxygen atoms in total. The molecule has 0 spiro atoms. The quantitative estimate of drug-likeness (QED) is 0.880. The molecule has 0 fully saturated rings. The highest BCUT2D eigenvalue weighted by molar-refractivity contribution is 5.53. The minimum atomic E-state index is 0.378. The highest BCUT2D eigenvalue weighted by Gasteiger charge is 2.09. The summed E-state index contributed by atoms with van der Waals surface area (Å²) in [6, 6.07) is 7.68. The second kappa shape index (κ2) is 6.97. The normalized spacial score (nSPS) is 10.4. The first-order chi connectivity index (χ1) is 10.1. The smallest absolute Gasteiger partial charge is 0.161 e. The zero-order chi connectivity index (χ0) is 15.2. The van der Waals surface area contributed by atoms with Crippen molar-refractivity contribution < 1.29 is 9.47 Å². The Morgan fingerprint density at radius 3 is 2.43 bits per heavy atom. The number of aryl methyl sites for hydroxylation is 1. The number of hydrogen-bond acceptors (Lipinski definition) is 4. The van der Waals surface area contributed by atoms with Crippen molar-refractivity contribution in [2.75, 3.05) is 12.3 Å². The van der Waals surface area contributed by atoms with E-state index >= 15 is 0 Å². The molecule has 1 aromatic carbocycles. The Balaban J connectivity index is 2.11. The molecule has 1 heterocycles. The fourth-order valence-corrected chi connectivity index (χ4v) is 1.98. The van der Waals surface area contributed by atoms with Crippen LogP contribution in [0, 0.1) is 13.8 Å². The van der Waals surface area contributed by atoms with Gasteiger partial charge in [-0.05, 0) is 43.5 Å². The Bertz CT molecular complexity index is 612. The molecule has 0 saturated carbocycles. The van der Waals surface area contributed by atoms with Crippen LogP contribution in [0.5, 0.6) is 11.5 Å². The number of benzene rings is 1. The molecule has 0 unspecified atom stereocenters. The van der Waals surface area contributed by atoms with E-state index in [2.05, 4.69) is 11.9 Å². The van der Waals surface area contributed by atoms with E-state index < -0.39 is 0 Å². The van der Waals surface area contributed by atoms with Crippen LogP contribution >= 0.6 is 0 Å². The van der Waals surface area contributed by atoms with Crippen LogP contribution in [0.15, 0.2) is 30.5 Å². The van der Waals surface area contributed by atoms with Gasteiger partial charge in [-0.3, -0.25) is 4.98 Å². The van der Waals surface area contributed by atoms with Crippen molar-refractivity contribution in [3.05, 3.63) is 47.3 Å². The number of hydrogen-bond donors (Lipinski definition) is 1. The molecule has 0 bridgehead atoms. The minimum absolute atomic E-state index is 0.378. The van der Waals surface area contributed by atoms with Gasteiger partial charge in [0, 0.05) is 11.9 Å². The van der Waals surface area contributed by atoms with Crippen molar-refractivity contribution in [1.82, 2.24) is 4.98 Å². The Morgan fingerprint density at radius 2 is 1.76 bits per heavy atom. The van der Waals surface area contributed by atoms with Crippen molar-refractivity contribution in [1.29, 1.82) is 0 Å². The average Bonchev–Trinajstić information content (AvgIpc) is 2.51. The molecule has 2 aromatic rings. The van der Waals surface area contributed by atoms with E-state index in [0.717, 1.165) is 40.4 Å². The maximum absolute atomic E-state index is 6.03. The van der Waals surface area contributed by atoms with E-state index in [1.807, 2.05) is 38.1 Å². The molecule has 0 atom stereocenters. The third kappa shape index (κ3) is 3.66. The van der Waals surface area contributed by atoms with E-state index in [1.165, 1.54) is 0 Å². The highest BCUT2D eigenvalue weighted by Crippen LogP contribution is 2.28. The second-order valence-electron chi connectivity index (χ2n) is 5.01. The Labute approximate surface area is 125 Å². The average molecular weight is 286 g/mol. The van der Waals surface area contributed by atoms with Crippen LogP contribution in [0.4, 0.5) is 5.69 Å². The molecule has 2 N–H and O–H groups in total. The summed E-state index contributed by atoms with van der Waals surface area (Å²) in [5.74, 6) is 1.49. The van der Waals surface area contributed by atoms with Gasteiger partial charge < -0.3 is 15.2 Å². The lowest BCUT2D eigenvalue weighted by atomic mass is 10.1. The summed E-state index contributed by atoms with van der Waals surface area (Å²) in [4.78, 5) is 4.40. The van der Waals surface area contributed by atoms with Crippen LogP contribution in [-0.4, -0.2) is 11.6 Å². The number of rotatable bonds is 6. The zero-order valence-electron chi connectivity index (χ0n) is 12.8. The van der Waals surface area contributed by atoms with Crippen LogP contribution in [-0.2, 0) is 6.61 Å². The third-order valence-electron chi connectivity index (χ3n) is 3.35. The fourth-order valence-electron chi connectivity index (χ4n) is 1.98. The first-order valence-corrected chi connectivity index (χ1v) is 7.18. The predicted molar refractivity (Wildman–Crippen MR) is 84.7 cm³/mol. The lowest BCUT2D eigenvalue weighted by Gasteiger charge is -2.14. The maximum Gasteiger partial charge on any atom is 0.161 e. The Hall–Kier alpha value is -2.23. The number of para-hydroxylation sites is 2. The van der Waals surface area contributed by atoms with E-state index in [1.54, 1.807) is 6.20 Å². The van der Waals surface area contributed by atoms with Gasteiger partial charge in [-0.15, -0.1) is 0 Å². The zero-order valence-corrected chi connectivity index (χ0v) is 12.8. The van der Waals surface area contributed by atoms with Gasteiger partial charge in [0.1, 0.15) is 6.61 Å². The maximum atomic E-state index is 6.03. The molecular formula is C17H22N2O2. The summed E-state index contributed by atoms with van der Waals surface area (Å²) in [5, 5.41) is 0. The number of pyridine rings is 1. The highest BCUT2D eigenvalue weighted by atomic mass is 16.5. The van der Waals surface area contributed by atoms with Crippen LogP contribution in [0.1, 0.15) is 30.2 Å². The molecule has 0 aliphatic rings. The van der Waals surface area contributed by atoms with Crippen molar-refractivity contribution in [2.24, 2.45) is 0 Å². The number of aromatic nitrogens is 1. The SMILES string of the molecule is CCCOc1ccccc1OCc1ncc(C)c(N)c1C. The van der Waals surface area contributed by atoms with Gasteiger partial charge in [0.25, 0.3) is 0 Å². The van der Waals surface area contributed by atoms with Gasteiger partial charge in [-0.1, -0.05) is 19.1 Å². The Morgan fingerprint density at radius 1 is 1.10 bits per heavy atom. The molecule has 0 amide bonds. The summed E-state index contributed by atoms with van der Waals surface area (Å²) < 4.78 is 11.5. The summed E-state index contributed by atoms with van der Waals surface area (Å²) in [6.45, 7) is 7.05. The standard InChI is InChI=1S/C17H22N2O2/c1-4-9-20-15-7-5-6-8-16(15)21-11-14-13(3)17(18)12(2)10-19-14/h5-8,10H,4,9,11H2,1-3H3,(H2,18,19). The lowest BCUT2D eigenvalue weighted by Crippen LogP contribution is -2.06. The first kappa shape index (κ1) is 15.2. The monoisotopic (exact) mass is 286 g/mol. The number of nitrogens with zero attached hydrogens (tertiary/aromatic N) is 1. The van der Waals surface area contributed by atoms with Gasteiger partial charge in [-0.2, -0.15) is 0 Å². The largest absolute Gasteiger partial charge is 0.490 e. The van der Waals surface area contributed by atoms with E-state index in [4.69, 9.17) is 15.2 Å². The second-order valence-corrected chi connectivity index (χ2v) is 5.01. The number of nitrogens with two attached hydrogens (primary N) is 1. The molecule has 4 heteroatoms. The van der Waals surface area contributed by atoms with E-state index in [-0.39, 0.29) is 0 Å². The van der Waals surface area contributed by atoms with Gasteiger partial charge in [0.05, 0.1) is 12.3 Å². The fraction of sp³-hybridized carbons (Fsp3) is 0.353. The lowest BCUT2D eigenvalue weighted by molar-refractivity contribution is 0.259. The first-order valence-electron chi connectivity index (χ1n) is 7.18. The van der Waals surface area contributed by atoms with Crippen LogP contribution in [0.3, 0.4) is 0 Å². The molecule has 0 aliphatic carbocycles. The molecular weight excluding hydrogens is 264 g/mol. The molecule has 2 rings (SSSR count). The van der Waals surface area contributed by atoms with Gasteiger partial charge in [-0.25, -0.2) is 0 Å². The number of ether oxygens (including phenoxy) is 2. The molecule has 1 aromatic heterocycles. The molecule has 21 heavy (non-hydrogen) atoms. The summed E-state index contributed by atoms with van der Waals surface area (Å²) >= 11 is 0. The van der Waals surface area contributed by atoms with Crippen molar-refractivity contribution in [2.45, 2.75) is 33.8 Å². The van der Waals surface area contributed by atoms with Crippen LogP contribution in [0.25, 0.3) is 0 Å². The van der Waals surface area contributed by atoms with Gasteiger partial charge in [0.15, 0.2) is 11.5 Å². The van der Waals surface area contributed by atoms with Gasteiger partial charge in [0.2, 0.25) is 0 Å². The van der Waals surface area contributed by atoms with Crippen LogP contribution in [0.2, 0.25) is 0 Å². The van der Waals surface area contributed by atoms with E-state index in [0.29, 0.717) is 13.2 Å². The van der Waals surface area contributed by atoms with Crippen molar-refractivity contribution in [3.8, 4) is 11.5 Å². The number of nitrogen functional groups attached to an aromatic ring is 1. The molecule has 0 aliphatic heterocycles.